The van der Waals surface area contributed by atoms with Crippen LogP contribution >= 0.6 is 0 Å². The summed E-state index contributed by atoms with van der Waals surface area (Å²) >= 11 is 0. The first-order valence-corrected chi connectivity index (χ1v) is 6.23. The second-order valence-corrected chi connectivity index (χ2v) is 4.68. The molecule has 0 saturated carbocycles. The van der Waals surface area contributed by atoms with Gasteiger partial charge in [0.1, 0.15) is 0 Å². The van der Waals surface area contributed by atoms with E-state index in [1.807, 2.05) is 12.1 Å². The second kappa shape index (κ2) is 6.79. The van der Waals surface area contributed by atoms with E-state index in [9.17, 15) is 0 Å². The van der Waals surface area contributed by atoms with Crippen LogP contribution < -0.4 is 5.46 Å². The topological polar surface area (TPSA) is 43.7 Å². The standard InChI is InChI=1S/C13H22BNO2/c1-4-9-15(11(2)3)10-12-5-7-13(8-6-12)14(16)17/h5-8,11,16-17H,4,9-10H2,1-3H3. The smallest absolute Gasteiger partial charge is 0.423 e. The third-order valence-electron chi connectivity index (χ3n) is 2.90. The fourth-order valence-electron chi connectivity index (χ4n) is 1.84. The summed E-state index contributed by atoms with van der Waals surface area (Å²) in [6.45, 7) is 8.57. The van der Waals surface area contributed by atoms with E-state index in [0.29, 0.717) is 11.5 Å². The summed E-state index contributed by atoms with van der Waals surface area (Å²) in [5.74, 6) is 0. The lowest BCUT2D eigenvalue weighted by atomic mass is 9.80. The van der Waals surface area contributed by atoms with Gasteiger partial charge in [-0.3, -0.25) is 4.90 Å². The highest BCUT2D eigenvalue weighted by Gasteiger charge is 2.12. The molecule has 0 aromatic heterocycles. The maximum Gasteiger partial charge on any atom is 0.488 e. The van der Waals surface area contributed by atoms with Crippen LogP contribution in [-0.2, 0) is 6.54 Å². The van der Waals surface area contributed by atoms with Gasteiger partial charge in [-0.25, -0.2) is 0 Å². The summed E-state index contributed by atoms with van der Waals surface area (Å²) in [4.78, 5) is 2.41. The SMILES string of the molecule is CCCN(Cc1ccc(B(O)O)cc1)C(C)C. The Morgan fingerprint density at radius 1 is 1.18 bits per heavy atom. The molecule has 0 unspecified atom stereocenters. The van der Waals surface area contributed by atoms with Crippen LogP contribution in [0.15, 0.2) is 24.3 Å². The Bertz CT molecular complexity index is 325. The van der Waals surface area contributed by atoms with Crippen molar-refractivity contribution in [3.8, 4) is 0 Å². The van der Waals surface area contributed by atoms with Gasteiger partial charge in [0, 0.05) is 12.6 Å². The molecule has 0 heterocycles. The number of rotatable bonds is 6. The van der Waals surface area contributed by atoms with Crippen LogP contribution in [0.4, 0.5) is 0 Å². The van der Waals surface area contributed by atoms with E-state index in [-0.39, 0.29) is 0 Å². The van der Waals surface area contributed by atoms with Gasteiger partial charge in [-0.2, -0.15) is 0 Å². The fourth-order valence-corrected chi connectivity index (χ4v) is 1.84. The van der Waals surface area contributed by atoms with E-state index < -0.39 is 7.12 Å². The van der Waals surface area contributed by atoms with Crippen molar-refractivity contribution in [2.45, 2.75) is 39.8 Å². The first-order chi connectivity index (χ1) is 8.04. The first-order valence-electron chi connectivity index (χ1n) is 6.23. The molecule has 0 aliphatic carbocycles. The molecule has 0 atom stereocenters. The Labute approximate surface area is 104 Å². The van der Waals surface area contributed by atoms with E-state index >= 15 is 0 Å². The summed E-state index contributed by atoms with van der Waals surface area (Å²) in [5.41, 5.74) is 1.75. The predicted octanol–water partition coefficient (Wildman–Crippen LogP) is 0.987. The largest absolute Gasteiger partial charge is 0.488 e. The van der Waals surface area contributed by atoms with Crippen LogP contribution in [0.2, 0.25) is 0 Å². The van der Waals surface area contributed by atoms with E-state index in [1.165, 1.54) is 5.56 Å². The lowest BCUT2D eigenvalue weighted by molar-refractivity contribution is 0.213. The van der Waals surface area contributed by atoms with Gasteiger partial charge >= 0.3 is 7.12 Å². The van der Waals surface area contributed by atoms with Gasteiger partial charge in [0.2, 0.25) is 0 Å². The van der Waals surface area contributed by atoms with Gasteiger partial charge in [-0.1, -0.05) is 31.2 Å². The molecule has 0 spiro atoms. The van der Waals surface area contributed by atoms with E-state index in [0.717, 1.165) is 19.5 Å². The first kappa shape index (κ1) is 14.2. The molecule has 1 rings (SSSR count). The van der Waals surface area contributed by atoms with Crippen molar-refractivity contribution in [2.24, 2.45) is 0 Å². The van der Waals surface area contributed by atoms with Crippen molar-refractivity contribution < 1.29 is 10.0 Å². The lowest BCUT2D eigenvalue weighted by Gasteiger charge is -2.26. The highest BCUT2D eigenvalue weighted by atomic mass is 16.4. The van der Waals surface area contributed by atoms with Gasteiger partial charge in [-0.15, -0.1) is 0 Å². The summed E-state index contributed by atoms with van der Waals surface area (Å²) in [7, 11) is -1.37. The molecule has 0 fully saturated rings. The summed E-state index contributed by atoms with van der Waals surface area (Å²) in [6, 6.07) is 7.98. The molecule has 2 N–H and O–H groups in total. The molecule has 94 valence electrons. The molecule has 0 radical (unpaired) electrons. The molecular weight excluding hydrogens is 213 g/mol. The van der Waals surface area contributed by atoms with E-state index in [2.05, 4.69) is 25.7 Å². The molecule has 3 nitrogen and oxygen atoms in total. The molecule has 0 saturated heterocycles. The molecule has 1 aromatic rings. The van der Waals surface area contributed by atoms with Crippen molar-refractivity contribution in [2.75, 3.05) is 6.54 Å². The third-order valence-corrected chi connectivity index (χ3v) is 2.90. The number of hydrogen-bond donors (Lipinski definition) is 2. The van der Waals surface area contributed by atoms with E-state index in [1.54, 1.807) is 12.1 Å². The normalized spacial score (nSPS) is 11.2. The Balaban J connectivity index is 2.66. The van der Waals surface area contributed by atoms with Crippen LogP contribution in [-0.4, -0.2) is 34.7 Å². The Morgan fingerprint density at radius 3 is 2.18 bits per heavy atom. The zero-order valence-electron chi connectivity index (χ0n) is 10.9. The van der Waals surface area contributed by atoms with Gasteiger partial charge in [-0.05, 0) is 37.8 Å². The number of nitrogens with zero attached hydrogens (tertiary/aromatic N) is 1. The molecule has 0 aliphatic heterocycles. The van der Waals surface area contributed by atoms with Crippen LogP contribution in [0, 0.1) is 0 Å². The van der Waals surface area contributed by atoms with Crippen LogP contribution in [0.5, 0.6) is 0 Å². The van der Waals surface area contributed by atoms with E-state index in [4.69, 9.17) is 10.0 Å². The van der Waals surface area contributed by atoms with Crippen LogP contribution in [0.1, 0.15) is 32.8 Å². The Kier molecular flexibility index (Phi) is 5.68. The Morgan fingerprint density at radius 2 is 1.76 bits per heavy atom. The maximum atomic E-state index is 9.01. The summed E-state index contributed by atoms with van der Waals surface area (Å²) in [6.07, 6.45) is 1.14. The molecule has 0 bridgehead atoms. The second-order valence-electron chi connectivity index (χ2n) is 4.68. The molecule has 0 aliphatic rings. The van der Waals surface area contributed by atoms with Crippen molar-refractivity contribution in [1.82, 2.24) is 4.90 Å². The number of hydrogen-bond acceptors (Lipinski definition) is 3. The average Bonchev–Trinajstić information content (AvgIpc) is 2.29. The van der Waals surface area contributed by atoms with Crippen molar-refractivity contribution >= 4 is 12.6 Å². The average molecular weight is 235 g/mol. The zero-order valence-corrected chi connectivity index (χ0v) is 10.9. The minimum atomic E-state index is -1.37. The summed E-state index contributed by atoms with van der Waals surface area (Å²) < 4.78 is 0. The fraction of sp³-hybridized carbons (Fsp3) is 0.538. The lowest BCUT2D eigenvalue weighted by Crippen LogP contribution is -2.32. The van der Waals surface area contributed by atoms with Gasteiger partial charge < -0.3 is 10.0 Å². The predicted molar refractivity (Wildman–Crippen MR) is 72.1 cm³/mol. The van der Waals surface area contributed by atoms with Crippen LogP contribution in [0.3, 0.4) is 0 Å². The Hall–Kier alpha value is -0.835. The minimum absolute atomic E-state index is 0.526. The quantitative estimate of drug-likeness (QED) is 0.722. The van der Waals surface area contributed by atoms with Gasteiger partial charge in [0.05, 0.1) is 0 Å². The summed E-state index contributed by atoms with van der Waals surface area (Å²) in [5, 5.41) is 18.0. The monoisotopic (exact) mass is 235 g/mol. The van der Waals surface area contributed by atoms with Crippen molar-refractivity contribution in [3.05, 3.63) is 29.8 Å². The zero-order chi connectivity index (χ0) is 12.8. The number of benzene rings is 1. The third kappa shape index (κ3) is 4.50. The highest BCUT2D eigenvalue weighted by molar-refractivity contribution is 6.58. The maximum absolute atomic E-state index is 9.01. The molecule has 0 amide bonds. The van der Waals surface area contributed by atoms with Crippen molar-refractivity contribution in [1.29, 1.82) is 0 Å². The molecule has 1 aromatic carbocycles. The molecule has 4 heteroatoms. The van der Waals surface area contributed by atoms with Gasteiger partial charge in [0.15, 0.2) is 0 Å². The molecule has 17 heavy (non-hydrogen) atoms. The van der Waals surface area contributed by atoms with Gasteiger partial charge in [0.25, 0.3) is 0 Å². The van der Waals surface area contributed by atoms with Crippen molar-refractivity contribution in [3.63, 3.8) is 0 Å². The minimum Gasteiger partial charge on any atom is -0.423 e. The van der Waals surface area contributed by atoms with Crippen LogP contribution in [0.25, 0.3) is 0 Å². The highest BCUT2D eigenvalue weighted by Crippen LogP contribution is 2.08. The molecular formula is C13H22BNO2.